The molecule has 1 saturated heterocycles. The number of carbonyl (C=O) groups is 1. The predicted molar refractivity (Wildman–Crippen MR) is 83.4 cm³/mol. The summed E-state index contributed by atoms with van der Waals surface area (Å²) in [5, 5.41) is 3.60. The van der Waals surface area contributed by atoms with E-state index >= 15 is 0 Å². The van der Waals surface area contributed by atoms with Crippen molar-refractivity contribution in [2.24, 2.45) is 5.92 Å². The van der Waals surface area contributed by atoms with E-state index in [-0.39, 0.29) is 12.2 Å². The highest BCUT2D eigenvalue weighted by Gasteiger charge is 2.42. The van der Waals surface area contributed by atoms with Crippen LogP contribution >= 0.6 is 0 Å². The zero-order valence-electron chi connectivity index (χ0n) is 13.5. The van der Waals surface area contributed by atoms with Crippen molar-refractivity contribution < 1.29 is 4.79 Å². The molecule has 0 aromatic rings. The van der Waals surface area contributed by atoms with Crippen LogP contribution in [0.4, 0.5) is 0 Å². The first-order valence-electron chi connectivity index (χ1n) is 8.73. The second-order valence-corrected chi connectivity index (χ2v) is 6.94. The number of nitrogens with one attached hydrogen (secondary N) is 1. The lowest BCUT2D eigenvalue weighted by Gasteiger charge is -2.34. The minimum absolute atomic E-state index is 0.0389. The third kappa shape index (κ3) is 3.55. The first-order valence-corrected chi connectivity index (χ1v) is 8.73. The molecule has 0 bridgehead atoms. The van der Waals surface area contributed by atoms with Crippen LogP contribution < -0.4 is 5.32 Å². The SMILES string of the molecule is CCCC1NC(C(C)C)C(=O)N1C1CCCCCCC1. The summed E-state index contributed by atoms with van der Waals surface area (Å²) < 4.78 is 0. The van der Waals surface area contributed by atoms with Gasteiger partial charge in [-0.15, -0.1) is 0 Å². The third-order valence-corrected chi connectivity index (χ3v) is 4.93. The van der Waals surface area contributed by atoms with E-state index in [9.17, 15) is 4.79 Å². The molecule has 20 heavy (non-hydrogen) atoms. The number of hydrogen-bond acceptors (Lipinski definition) is 2. The Morgan fingerprint density at radius 2 is 1.75 bits per heavy atom. The third-order valence-electron chi connectivity index (χ3n) is 4.93. The van der Waals surface area contributed by atoms with Gasteiger partial charge in [0.15, 0.2) is 0 Å². The molecule has 3 nitrogen and oxygen atoms in total. The number of carbonyl (C=O) groups excluding carboxylic acids is 1. The Balaban J connectivity index is 2.09. The molecule has 2 atom stereocenters. The summed E-state index contributed by atoms with van der Waals surface area (Å²) in [5.74, 6) is 0.754. The Morgan fingerprint density at radius 3 is 2.30 bits per heavy atom. The minimum Gasteiger partial charge on any atom is -0.323 e. The lowest BCUT2D eigenvalue weighted by atomic mass is 9.94. The Morgan fingerprint density at radius 1 is 1.15 bits per heavy atom. The van der Waals surface area contributed by atoms with E-state index in [2.05, 4.69) is 31.0 Å². The first kappa shape index (κ1) is 15.8. The van der Waals surface area contributed by atoms with Crippen molar-refractivity contribution in [3.05, 3.63) is 0 Å². The second kappa shape index (κ2) is 7.44. The van der Waals surface area contributed by atoms with Crippen LogP contribution in [0.2, 0.25) is 0 Å². The predicted octanol–water partition coefficient (Wildman–Crippen LogP) is 3.68. The fraction of sp³-hybridized carbons (Fsp3) is 0.941. The van der Waals surface area contributed by atoms with Gasteiger partial charge < -0.3 is 4.90 Å². The van der Waals surface area contributed by atoms with Crippen LogP contribution in [-0.2, 0) is 4.79 Å². The molecule has 1 amide bonds. The van der Waals surface area contributed by atoms with Gasteiger partial charge in [-0.2, -0.15) is 0 Å². The lowest BCUT2D eigenvalue weighted by Crippen LogP contribution is -2.44. The van der Waals surface area contributed by atoms with Crippen molar-refractivity contribution in [3.8, 4) is 0 Å². The minimum atomic E-state index is 0.0389. The maximum absolute atomic E-state index is 12.8. The highest BCUT2D eigenvalue weighted by molar-refractivity contribution is 5.85. The average Bonchev–Trinajstić information content (AvgIpc) is 2.68. The monoisotopic (exact) mass is 280 g/mol. The van der Waals surface area contributed by atoms with Crippen LogP contribution in [-0.4, -0.2) is 29.1 Å². The molecule has 2 fully saturated rings. The van der Waals surface area contributed by atoms with E-state index in [4.69, 9.17) is 0 Å². The molecule has 1 aliphatic heterocycles. The van der Waals surface area contributed by atoms with Crippen molar-refractivity contribution in [3.63, 3.8) is 0 Å². The lowest BCUT2D eigenvalue weighted by molar-refractivity contribution is -0.133. The Kier molecular flexibility index (Phi) is 5.88. The molecule has 0 aromatic heterocycles. The van der Waals surface area contributed by atoms with Crippen molar-refractivity contribution in [1.29, 1.82) is 0 Å². The number of nitrogens with zero attached hydrogens (tertiary/aromatic N) is 1. The molecule has 3 heteroatoms. The van der Waals surface area contributed by atoms with E-state index in [1.165, 1.54) is 44.9 Å². The van der Waals surface area contributed by atoms with E-state index in [1.807, 2.05) is 0 Å². The second-order valence-electron chi connectivity index (χ2n) is 6.94. The summed E-state index contributed by atoms with van der Waals surface area (Å²) in [6.07, 6.45) is 11.6. The molecule has 2 rings (SSSR count). The molecule has 1 N–H and O–H groups in total. The number of amides is 1. The van der Waals surface area contributed by atoms with Crippen LogP contribution in [0, 0.1) is 5.92 Å². The quantitative estimate of drug-likeness (QED) is 0.852. The fourth-order valence-electron chi connectivity index (χ4n) is 3.79. The van der Waals surface area contributed by atoms with Gasteiger partial charge in [0, 0.05) is 6.04 Å². The van der Waals surface area contributed by atoms with Crippen LogP contribution in [0.15, 0.2) is 0 Å². The molecule has 1 saturated carbocycles. The van der Waals surface area contributed by atoms with Crippen LogP contribution in [0.5, 0.6) is 0 Å². The van der Waals surface area contributed by atoms with Gasteiger partial charge in [0.2, 0.25) is 5.91 Å². The normalized spacial score (nSPS) is 29.8. The van der Waals surface area contributed by atoms with E-state index < -0.39 is 0 Å². The summed E-state index contributed by atoms with van der Waals surface area (Å²) in [6.45, 7) is 6.52. The average molecular weight is 280 g/mol. The molecule has 1 heterocycles. The standard InChI is InChI=1S/C17H32N2O/c1-4-10-15-18-16(13(2)3)17(20)19(15)14-11-8-6-5-7-9-12-14/h13-16,18H,4-12H2,1-3H3. The molecule has 2 aliphatic rings. The highest BCUT2D eigenvalue weighted by Crippen LogP contribution is 2.28. The molecule has 0 spiro atoms. The highest BCUT2D eigenvalue weighted by atomic mass is 16.2. The van der Waals surface area contributed by atoms with Crippen LogP contribution in [0.3, 0.4) is 0 Å². The first-order chi connectivity index (χ1) is 9.65. The molecule has 0 aromatic carbocycles. The maximum atomic E-state index is 12.8. The topological polar surface area (TPSA) is 32.3 Å². The smallest absolute Gasteiger partial charge is 0.241 e. The molecule has 0 radical (unpaired) electrons. The van der Waals surface area contributed by atoms with Gasteiger partial charge in [-0.1, -0.05) is 59.3 Å². The largest absolute Gasteiger partial charge is 0.323 e. The van der Waals surface area contributed by atoms with Gasteiger partial charge in [0.05, 0.1) is 12.2 Å². The van der Waals surface area contributed by atoms with Crippen molar-refractivity contribution in [2.45, 2.75) is 96.8 Å². The van der Waals surface area contributed by atoms with Crippen molar-refractivity contribution in [1.82, 2.24) is 10.2 Å². The molecular formula is C17H32N2O. The summed E-state index contributed by atoms with van der Waals surface area (Å²) in [5.41, 5.74) is 0. The molecule has 2 unspecified atom stereocenters. The van der Waals surface area contributed by atoms with E-state index in [1.54, 1.807) is 0 Å². The molecular weight excluding hydrogens is 248 g/mol. The zero-order valence-corrected chi connectivity index (χ0v) is 13.5. The van der Waals surface area contributed by atoms with Gasteiger partial charge in [0.25, 0.3) is 0 Å². The summed E-state index contributed by atoms with van der Waals surface area (Å²) >= 11 is 0. The summed E-state index contributed by atoms with van der Waals surface area (Å²) in [6, 6.07) is 0.521. The van der Waals surface area contributed by atoms with E-state index in [0.29, 0.717) is 17.9 Å². The van der Waals surface area contributed by atoms with Gasteiger partial charge >= 0.3 is 0 Å². The van der Waals surface area contributed by atoms with Gasteiger partial charge in [0.1, 0.15) is 0 Å². The summed E-state index contributed by atoms with van der Waals surface area (Å²) in [4.78, 5) is 15.0. The Hall–Kier alpha value is -0.570. The zero-order chi connectivity index (χ0) is 14.5. The molecule has 116 valence electrons. The van der Waals surface area contributed by atoms with Crippen molar-refractivity contribution >= 4 is 5.91 Å². The van der Waals surface area contributed by atoms with Crippen LogP contribution in [0.25, 0.3) is 0 Å². The van der Waals surface area contributed by atoms with Gasteiger partial charge in [-0.3, -0.25) is 10.1 Å². The number of hydrogen-bond donors (Lipinski definition) is 1. The Labute approximate surface area is 124 Å². The number of rotatable bonds is 4. The van der Waals surface area contributed by atoms with Gasteiger partial charge in [-0.25, -0.2) is 0 Å². The fourth-order valence-corrected chi connectivity index (χ4v) is 3.79. The maximum Gasteiger partial charge on any atom is 0.241 e. The van der Waals surface area contributed by atoms with Crippen LogP contribution in [0.1, 0.15) is 78.6 Å². The van der Waals surface area contributed by atoms with Crippen molar-refractivity contribution in [2.75, 3.05) is 0 Å². The Bertz CT molecular complexity index is 308. The van der Waals surface area contributed by atoms with Gasteiger partial charge in [-0.05, 0) is 25.2 Å². The summed E-state index contributed by atoms with van der Waals surface area (Å²) in [7, 11) is 0. The molecule has 1 aliphatic carbocycles. The van der Waals surface area contributed by atoms with E-state index in [0.717, 1.165) is 12.8 Å².